The second-order valence-electron chi connectivity index (χ2n) is 5.68. The molecule has 0 aromatic carbocycles. The lowest BCUT2D eigenvalue weighted by Crippen LogP contribution is -2.53. The van der Waals surface area contributed by atoms with Crippen LogP contribution in [0.15, 0.2) is 41.0 Å². The predicted octanol–water partition coefficient (Wildman–Crippen LogP) is 0.906. The molecule has 2 aromatic rings. The maximum atomic E-state index is 12.3. The van der Waals surface area contributed by atoms with Gasteiger partial charge in [-0.2, -0.15) is 0 Å². The normalized spacial score (nSPS) is 14.3. The number of hydrogen-bond donors (Lipinski definition) is 1. The van der Waals surface area contributed by atoms with Crippen LogP contribution in [-0.4, -0.2) is 58.7 Å². The monoisotopic (exact) mass is 342 g/mol. The molecule has 130 valence electrons. The Morgan fingerprint density at radius 1 is 1.04 bits per heavy atom. The number of carbonyl (C=O) groups is 3. The minimum Gasteiger partial charge on any atom is -0.459 e. The Hall–Kier alpha value is -3.16. The van der Waals surface area contributed by atoms with Crippen LogP contribution in [0.3, 0.4) is 0 Å². The number of nitrogens with zero attached hydrogens (tertiary/aromatic N) is 3. The van der Waals surface area contributed by atoms with Crippen molar-refractivity contribution in [2.75, 3.05) is 31.5 Å². The van der Waals surface area contributed by atoms with Gasteiger partial charge in [-0.25, -0.2) is 4.98 Å². The molecule has 0 radical (unpaired) electrons. The van der Waals surface area contributed by atoms with Crippen LogP contribution in [0.4, 0.5) is 5.82 Å². The first kappa shape index (κ1) is 16.7. The van der Waals surface area contributed by atoms with E-state index in [4.69, 9.17) is 4.42 Å². The number of furan rings is 1. The van der Waals surface area contributed by atoms with Gasteiger partial charge in [-0.05, 0) is 31.2 Å². The van der Waals surface area contributed by atoms with Crippen molar-refractivity contribution < 1.29 is 18.8 Å². The van der Waals surface area contributed by atoms with Crippen LogP contribution in [0.1, 0.15) is 16.2 Å². The number of hydrogen-bond acceptors (Lipinski definition) is 5. The van der Waals surface area contributed by atoms with E-state index in [1.165, 1.54) is 11.2 Å². The molecular formula is C17H18N4O4. The highest BCUT2D eigenvalue weighted by Gasteiger charge is 2.29. The van der Waals surface area contributed by atoms with Gasteiger partial charge in [0.2, 0.25) is 0 Å². The minimum atomic E-state index is -0.732. The van der Waals surface area contributed by atoms with Gasteiger partial charge in [-0.1, -0.05) is 6.07 Å². The number of carbonyl (C=O) groups excluding carboxylic acids is 3. The number of anilines is 1. The van der Waals surface area contributed by atoms with E-state index in [1.54, 1.807) is 42.2 Å². The third-order valence-corrected chi connectivity index (χ3v) is 3.91. The summed E-state index contributed by atoms with van der Waals surface area (Å²) in [5, 5.41) is 2.50. The zero-order chi connectivity index (χ0) is 17.8. The molecule has 1 aliphatic rings. The second-order valence-corrected chi connectivity index (χ2v) is 5.68. The third-order valence-electron chi connectivity index (χ3n) is 3.91. The van der Waals surface area contributed by atoms with E-state index in [0.29, 0.717) is 32.0 Å². The first-order valence-electron chi connectivity index (χ1n) is 7.91. The quantitative estimate of drug-likeness (QED) is 0.818. The van der Waals surface area contributed by atoms with Crippen LogP contribution < -0.4 is 5.32 Å². The van der Waals surface area contributed by atoms with Crippen molar-refractivity contribution in [2.24, 2.45) is 0 Å². The standard InChI is InChI=1S/C17H18N4O4/c1-12-4-2-6-14(18-12)19-15(22)17(24)21-9-7-20(8-10-21)16(23)13-5-3-11-25-13/h2-6,11H,7-10H2,1H3,(H,18,19,22). The second kappa shape index (κ2) is 7.16. The number of aryl methyl sites for hydroxylation is 1. The zero-order valence-corrected chi connectivity index (χ0v) is 13.8. The fourth-order valence-electron chi connectivity index (χ4n) is 2.59. The Morgan fingerprint density at radius 3 is 2.40 bits per heavy atom. The molecule has 3 amide bonds. The summed E-state index contributed by atoms with van der Waals surface area (Å²) in [6.45, 7) is 3.08. The number of aromatic nitrogens is 1. The molecule has 1 saturated heterocycles. The number of pyridine rings is 1. The Bertz CT molecular complexity index is 780. The van der Waals surface area contributed by atoms with E-state index in [0.717, 1.165) is 5.69 Å². The molecule has 8 heteroatoms. The molecule has 25 heavy (non-hydrogen) atoms. The summed E-state index contributed by atoms with van der Waals surface area (Å²) in [6.07, 6.45) is 1.44. The molecule has 2 aromatic heterocycles. The zero-order valence-electron chi connectivity index (χ0n) is 13.8. The Labute approximate surface area is 144 Å². The molecular weight excluding hydrogens is 324 g/mol. The summed E-state index contributed by atoms with van der Waals surface area (Å²) in [6, 6.07) is 8.42. The van der Waals surface area contributed by atoms with Crippen LogP contribution in [0.5, 0.6) is 0 Å². The molecule has 0 saturated carbocycles. The summed E-state index contributed by atoms with van der Waals surface area (Å²) in [7, 11) is 0. The molecule has 0 spiro atoms. The van der Waals surface area contributed by atoms with Gasteiger partial charge in [0.25, 0.3) is 5.91 Å². The van der Waals surface area contributed by atoms with Gasteiger partial charge < -0.3 is 19.5 Å². The fourth-order valence-corrected chi connectivity index (χ4v) is 2.59. The summed E-state index contributed by atoms with van der Waals surface area (Å²) >= 11 is 0. The Morgan fingerprint density at radius 2 is 1.76 bits per heavy atom. The lowest BCUT2D eigenvalue weighted by atomic mass is 10.2. The van der Waals surface area contributed by atoms with Crippen LogP contribution >= 0.6 is 0 Å². The smallest absolute Gasteiger partial charge is 0.315 e. The van der Waals surface area contributed by atoms with E-state index in [9.17, 15) is 14.4 Å². The van der Waals surface area contributed by atoms with Gasteiger partial charge in [0.1, 0.15) is 5.82 Å². The van der Waals surface area contributed by atoms with Crippen LogP contribution in [0.2, 0.25) is 0 Å². The van der Waals surface area contributed by atoms with E-state index < -0.39 is 11.8 Å². The molecule has 1 aliphatic heterocycles. The van der Waals surface area contributed by atoms with Gasteiger partial charge in [-0.15, -0.1) is 0 Å². The SMILES string of the molecule is Cc1cccc(NC(=O)C(=O)N2CCN(C(=O)c3ccco3)CC2)n1. The fraction of sp³-hybridized carbons (Fsp3) is 0.294. The Kier molecular flexibility index (Phi) is 4.78. The van der Waals surface area contributed by atoms with Gasteiger partial charge >= 0.3 is 11.8 Å². The summed E-state index contributed by atoms with van der Waals surface area (Å²) in [5.41, 5.74) is 0.746. The number of piperazine rings is 1. The van der Waals surface area contributed by atoms with Crippen LogP contribution in [0, 0.1) is 6.92 Å². The molecule has 0 atom stereocenters. The molecule has 1 fully saturated rings. The number of amides is 3. The van der Waals surface area contributed by atoms with Crippen molar-refractivity contribution in [3.63, 3.8) is 0 Å². The highest BCUT2D eigenvalue weighted by molar-refractivity contribution is 6.39. The Balaban J connectivity index is 1.54. The van der Waals surface area contributed by atoms with Crippen molar-refractivity contribution in [1.29, 1.82) is 0 Å². The highest BCUT2D eigenvalue weighted by Crippen LogP contribution is 2.10. The molecule has 3 heterocycles. The van der Waals surface area contributed by atoms with Crippen molar-refractivity contribution in [2.45, 2.75) is 6.92 Å². The number of rotatable bonds is 2. The first-order valence-corrected chi connectivity index (χ1v) is 7.91. The lowest BCUT2D eigenvalue weighted by molar-refractivity contribution is -0.144. The molecule has 3 rings (SSSR count). The maximum absolute atomic E-state index is 12.3. The average molecular weight is 342 g/mol. The largest absolute Gasteiger partial charge is 0.459 e. The molecule has 0 bridgehead atoms. The molecule has 1 N–H and O–H groups in total. The summed E-state index contributed by atoms with van der Waals surface area (Å²) in [4.78, 5) is 43.7. The van der Waals surface area contributed by atoms with Crippen molar-refractivity contribution in [3.8, 4) is 0 Å². The van der Waals surface area contributed by atoms with Crippen molar-refractivity contribution in [1.82, 2.24) is 14.8 Å². The van der Waals surface area contributed by atoms with Gasteiger partial charge in [0, 0.05) is 31.9 Å². The van der Waals surface area contributed by atoms with Gasteiger partial charge in [0.05, 0.1) is 6.26 Å². The average Bonchev–Trinajstić information content (AvgIpc) is 3.15. The molecule has 0 aliphatic carbocycles. The highest BCUT2D eigenvalue weighted by atomic mass is 16.3. The predicted molar refractivity (Wildman–Crippen MR) is 88.8 cm³/mol. The van der Waals surface area contributed by atoms with Crippen LogP contribution in [-0.2, 0) is 9.59 Å². The van der Waals surface area contributed by atoms with Crippen molar-refractivity contribution in [3.05, 3.63) is 48.0 Å². The van der Waals surface area contributed by atoms with E-state index >= 15 is 0 Å². The van der Waals surface area contributed by atoms with Gasteiger partial charge in [0.15, 0.2) is 5.76 Å². The topological polar surface area (TPSA) is 95.8 Å². The molecule has 8 nitrogen and oxygen atoms in total. The van der Waals surface area contributed by atoms with E-state index in [-0.39, 0.29) is 11.7 Å². The molecule has 0 unspecified atom stereocenters. The first-order chi connectivity index (χ1) is 12.0. The summed E-state index contributed by atoms with van der Waals surface area (Å²) < 4.78 is 5.09. The van der Waals surface area contributed by atoms with E-state index in [2.05, 4.69) is 10.3 Å². The lowest BCUT2D eigenvalue weighted by Gasteiger charge is -2.33. The third kappa shape index (κ3) is 3.85. The number of nitrogens with one attached hydrogen (secondary N) is 1. The van der Waals surface area contributed by atoms with Crippen LogP contribution in [0.25, 0.3) is 0 Å². The minimum absolute atomic E-state index is 0.217. The van der Waals surface area contributed by atoms with Crippen molar-refractivity contribution >= 4 is 23.5 Å². The van der Waals surface area contributed by atoms with E-state index in [1.807, 2.05) is 0 Å². The van der Waals surface area contributed by atoms with Gasteiger partial charge in [-0.3, -0.25) is 14.4 Å². The summed E-state index contributed by atoms with van der Waals surface area (Å²) in [5.74, 6) is -0.976. The maximum Gasteiger partial charge on any atom is 0.315 e.